The van der Waals surface area contributed by atoms with Gasteiger partial charge in [-0.25, -0.2) is 0 Å². The van der Waals surface area contributed by atoms with Gasteiger partial charge in [-0.2, -0.15) is 0 Å². The number of hydrogen-bond acceptors (Lipinski definition) is 5. The first-order valence-electron chi connectivity index (χ1n) is 9.05. The van der Waals surface area contributed by atoms with E-state index in [9.17, 15) is 4.79 Å². The van der Waals surface area contributed by atoms with Crippen molar-refractivity contribution < 1.29 is 19.0 Å². The maximum Gasteiger partial charge on any atom is 0.314 e. The van der Waals surface area contributed by atoms with Crippen LogP contribution in [0.15, 0.2) is 54.6 Å². The molecule has 0 saturated carbocycles. The summed E-state index contributed by atoms with van der Waals surface area (Å²) >= 11 is 0. The van der Waals surface area contributed by atoms with E-state index in [1.165, 1.54) is 7.11 Å². The van der Waals surface area contributed by atoms with Gasteiger partial charge >= 0.3 is 5.97 Å². The van der Waals surface area contributed by atoms with E-state index in [1.54, 1.807) is 0 Å². The molecule has 2 aromatic carbocycles. The van der Waals surface area contributed by atoms with Crippen molar-refractivity contribution in [3.63, 3.8) is 0 Å². The molecule has 0 amide bonds. The van der Waals surface area contributed by atoms with Crippen LogP contribution in [0.3, 0.4) is 0 Å². The number of anilines is 1. The zero-order chi connectivity index (χ0) is 17.5. The van der Waals surface area contributed by atoms with Gasteiger partial charge in [0.15, 0.2) is 5.72 Å². The summed E-state index contributed by atoms with van der Waals surface area (Å²) in [7, 11) is 1.47. The Balaban J connectivity index is 1.51. The fraction of sp³-hybridized carbons (Fsp3) is 0.381. The van der Waals surface area contributed by atoms with E-state index in [4.69, 9.17) is 14.2 Å². The van der Waals surface area contributed by atoms with Crippen LogP contribution in [0.1, 0.15) is 17.9 Å². The minimum absolute atomic E-state index is 0.0372. The summed E-state index contributed by atoms with van der Waals surface area (Å²) in [4.78, 5) is 15.2. The van der Waals surface area contributed by atoms with Crippen LogP contribution >= 0.6 is 0 Å². The molecule has 5 heteroatoms. The fourth-order valence-corrected chi connectivity index (χ4v) is 5.66. The lowest BCUT2D eigenvalue weighted by Gasteiger charge is -2.39. The summed E-state index contributed by atoms with van der Waals surface area (Å²) in [5.41, 5.74) is 1.10. The summed E-state index contributed by atoms with van der Waals surface area (Å²) in [5, 5.41) is 0. The second kappa shape index (κ2) is 4.60. The maximum absolute atomic E-state index is 12.9. The van der Waals surface area contributed by atoms with E-state index in [0.29, 0.717) is 6.61 Å². The fourth-order valence-electron chi connectivity index (χ4n) is 5.66. The van der Waals surface area contributed by atoms with Gasteiger partial charge in [0.05, 0.1) is 13.2 Å². The van der Waals surface area contributed by atoms with Gasteiger partial charge in [-0.1, -0.05) is 36.4 Å². The molecule has 2 bridgehead atoms. The van der Waals surface area contributed by atoms with E-state index in [-0.39, 0.29) is 23.8 Å². The molecule has 0 aliphatic carbocycles. The van der Waals surface area contributed by atoms with E-state index in [0.717, 1.165) is 23.4 Å². The van der Waals surface area contributed by atoms with Crippen LogP contribution in [0, 0.1) is 5.92 Å². The van der Waals surface area contributed by atoms with Crippen LogP contribution in [0.2, 0.25) is 0 Å². The topological polar surface area (TPSA) is 47.8 Å². The normalized spacial score (nSPS) is 38.0. The molecule has 6 rings (SSSR count). The van der Waals surface area contributed by atoms with Crippen LogP contribution in [-0.2, 0) is 14.3 Å². The third-order valence-electron chi connectivity index (χ3n) is 6.56. The van der Waals surface area contributed by atoms with Gasteiger partial charge < -0.3 is 19.1 Å². The number of rotatable bonds is 2. The number of para-hydroxylation sites is 2. The minimum atomic E-state index is -0.611. The summed E-state index contributed by atoms with van der Waals surface area (Å²) in [6.07, 6.45) is 0.869. The van der Waals surface area contributed by atoms with Crippen molar-refractivity contribution in [2.75, 3.05) is 18.6 Å². The molecule has 0 unspecified atom stereocenters. The van der Waals surface area contributed by atoms with Crippen LogP contribution < -0.4 is 9.64 Å². The van der Waals surface area contributed by atoms with Crippen molar-refractivity contribution in [2.45, 2.75) is 29.7 Å². The van der Waals surface area contributed by atoms with Crippen molar-refractivity contribution in [1.29, 1.82) is 0 Å². The Morgan fingerprint density at radius 2 is 1.92 bits per heavy atom. The number of methoxy groups -OCH3 is 1. The van der Waals surface area contributed by atoms with Crippen LogP contribution in [0.25, 0.3) is 0 Å². The molecular weight excluding hydrogens is 330 g/mol. The van der Waals surface area contributed by atoms with Crippen LogP contribution in [0.4, 0.5) is 5.69 Å². The number of fused-ring (bicyclic) bond motifs is 2. The molecular formula is C21H19NO4. The Morgan fingerprint density at radius 3 is 2.73 bits per heavy atom. The van der Waals surface area contributed by atoms with Crippen molar-refractivity contribution in [3.05, 3.63) is 60.2 Å². The van der Waals surface area contributed by atoms with Crippen molar-refractivity contribution in [1.82, 2.24) is 0 Å². The van der Waals surface area contributed by atoms with E-state index >= 15 is 0 Å². The molecule has 4 aliphatic heterocycles. The summed E-state index contributed by atoms with van der Waals surface area (Å²) in [5.74, 6) is 0.270. The van der Waals surface area contributed by atoms with Gasteiger partial charge in [-0.15, -0.1) is 0 Å². The number of benzene rings is 2. The summed E-state index contributed by atoms with van der Waals surface area (Å²) in [6, 6.07) is 18.4. The number of carbonyl (C=O) groups is 1. The number of carbonyl (C=O) groups excluding carboxylic acids is 1. The molecule has 0 aromatic heterocycles. The smallest absolute Gasteiger partial charge is 0.314 e. The molecule has 2 aromatic rings. The van der Waals surface area contributed by atoms with Crippen LogP contribution in [-0.4, -0.2) is 37.1 Å². The van der Waals surface area contributed by atoms with Crippen LogP contribution in [0.5, 0.6) is 5.75 Å². The Kier molecular flexibility index (Phi) is 2.58. The zero-order valence-corrected chi connectivity index (χ0v) is 14.4. The Labute approximate surface area is 151 Å². The molecule has 4 aliphatic rings. The summed E-state index contributed by atoms with van der Waals surface area (Å²) in [6.45, 7) is 0.489. The van der Waals surface area contributed by atoms with E-state index in [2.05, 4.69) is 23.1 Å². The first-order valence-corrected chi connectivity index (χ1v) is 9.05. The zero-order valence-electron chi connectivity index (χ0n) is 14.4. The Hall–Kier alpha value is -2.53. The molecule has 2 spiro atoms. The number of hydrogen-bond donors (Lipinski definition) is 0. The first-order chi connectivity index (χ1) is 12.7. The molecule has 0 radical (unpaired) electrons. The molecule has 0 N–H and O–H groups in total. The molecule has 3 saturated heterocycles. The molecule has 5 nitrogen and oxygen atoms in total. The number of esters is 1. The summed E-state index contributed by atoms with van der Waals surface area (Å²) < 4.78 is 18.0. The first kappa shape index (κ1) is 14.6. The second-order valence-electron chi connectivity index (χ2n) is 7.65. The number of ether oxygens (including phenoxy) is 3. The van der Waals surface area contributed by atoms with Gasteiger partial charge in [-0.3, -0.25) is 4.79 Å². The third kappa shape index (κ3) is 1.50. The molecule has 132 valence electrons. The standard InChI is InChI=1S/C21H19NO4/c1-24-19(23)18-17-14-9-5-6-10-15(14)25-12-20(17)11-16-21(18,26-20)22(16)13-7-3-2-4-8-13/h2-10,16-18H,11-12H2,1H3/t16-,17-,18+,20+,21-,22?/m1/s1. The predicted octanol–water partition coefficient (Wildman–Crippen LogP) is 2.71. The van der Waals surface area contributed by atoms with Crippen molar-refractivity contribution >= 4 is 11.7 Å². The molecule has 3 fully saturated rings. The van der Waals surface area contributed by atoms with Gasteiger partial charge in [0.2, 0.25) is 0 Å². The maximum atomic E-state index is 12.9. The monoisotopic (exact) mass is 349 g/mol. The van der Waals surface area contributed by atoms with E-state index < -0.39 is 11.3 Å². The lowest BCUT2D eigenvalue weighted by molar-refractivity contribution is -0.148. The highest BCUT2D eigenvalue weighted by Crippen LogP contribution is 2.74. The molecule has 26 heavy (non-hydrogen) atoms. The minimum Gasteiger partial charge on any atom is -0.490 e. The largest absolute Gasteiger partial charge is 0.490 e. The SMILES string of the molecule is COC(=O)[C@@H]1[C@H]2c3ccccc3OC[C@@]23C[C@H]2N(c4ccccc4)[C@]12O3. The Morgan fingerprint density at radius 1 is 1.15 bits per heavy atom. The van der Waals surface area contributed by atoms with Gasteiger partial charge in [0.1, 0.15) is 23.9 Å². The Bertz CT molecular complexity index is 915. The van der Waals surface area contributed by atoms with Gasteiger partial charge in [0, 0.05) is 23.6 Å². The highest BCUT2D eigenvalue weighted by molar-refractivity contribution is 5.82. The highest BCUT2D eigenvalue weighted by Gasteiger charge is 2.87. The molecule has 5 atom stereocenters. The van der Waals surface area contributed by atoms with Crippen molar-refractivity contribution in [2.24, 2.45) is 5.92 Å². The average Bonchev–Trinajstić information content (AvgIpc) is 3.03. The van der Waals surface area contributed by atoms with Crippen molar-refractivity contribution in [3.8, 4) is 5.75 Å². The lowest BCUT2D eigenvalue weighted by atomic mass is 9.67. The average molecular weight is 349 g/mol. The van der Waals surface area contributed by atoms with Gasteiger partial charge in [0.25, 0.3) is 0 Å². The van der Waals surface area contributed by atoms with E-state index in [1.807, 2.05) is 36.4 Å². The second-order valence-corrected chi connectivity index (χ2v) is 7.65. The predicted molar refractivity (Wildman–Crippen MR) is 94.1 cm³/mol. The highest BCUT2D eigenvalue weighted by atomic mass is 16.6. The third-order valence-corrected chi connectivity index (χ3v) is 6.56. The quantitative estimate of drug-likeness (QED) is 0.616. The molecule has 4 heterocycles. The van der Waals surface area contributed by atoms with Gasteiger partial charge in [-0.05, 0) is 18.2 Å². The lowest BCUT2D eigenvalue weighted by Crippen LogP contribution is -2.47. The number of nitrogens with zero attached hydrogens (tertiary/aromatic N) is 1.